The molecule has 0 saturated heterocycles. The topological polar surface area (TPSA) is 46.5 Å². The lowest BCUT2D eigenvalue weighted by Crippen LogP contribution is -1.95. The molecule has 0 aromatic heterocycles. The quantitative estimate of drug-likeness (QED) is 0.653. The maximum absolute atomic E-state index is 10.4. The second-order valence-corrected chi connectivity index (χ2v) is 2.03. The third-order valence-corrected chi connectivity index (χ3v) is 1.34. The van der Waals surface area contributed by atoms with Crippen LogP contribution >= 0.6 is 0 Å². The van der Waals surface area contributed by atoms with Crippen molar-refractivity contribution in [1.82, 2.24) is 0 Å². The van der Waals surface area contributed by atoms with Crippen molar-refractivity contribution in [1.29, 1.82) is 0 Å². The van der Waals surface area contributed by atoms with Crippen LogP contribution in [0.5, 0.6) is 5.75 Å². The van der Waals surface area contributed by atoms with Crippen LogP contribution < -0.4 is 4.74 Å². The van der Waals surface area contributed by atoms with Gasteiger partial charge >= 0.3 is 5.97 Å². The number of carbonyl (C=O) groups is 1. The Morgan fingerprint density at radius 1 is 1.36 bits per heavy atom. The van der Waals surface area contributed by atoms with E-state index in [0.29, 0.717) is 5.75 Å². The zero-order valence-electron chi connectivity index (χ0n) is 6.07. The Bertz CT molecular complexity index is 251. The van der Waals surface area contributed by atoms with Gasteiger partial charge in [0.05, 0.1) is 12.7 Å². The summed E-state index contributed by atoms with van der Waals surface area (Å²) in [5, 5.41) is 8.51. The normalized spacial score (nSPS) is 9.18. The fraction of sp³-hybridized carbons (Fsp3) is 0.125. The first kappa shape index (κ1) is 7.60. The first-order chi connectivity index (χ1) is 5.24. The summed E-state index contributed by atoms with van der Waals surface area (Å²) >= 11 is 0. The molecule has 1 N–H and O–H groups in total. The molecule has 0 bridgehead atoms. The van der Waals surface area contributed by atoms with Crippen molar-refractivity contribution in [3.8, 4) is 5.75 Å². The molecule has 0 saturated carbocycles. The minimum absolute atomic E-state index is 0.269. The van der Waals surface area contributed by atoms with E-state index < -0.39 is 5.97 Å². The highest BCUT2D eigenvalue weighted by atomic mass is 16.5. The largest absolute Gasteiger partial charge is 0.497 e. The van der Waals surface area contributed by atoms with Crippen molar-refractivity contribution in [2.75, 3.05) is 7.11 Å². The first-order valence-corrected chi connectivity index (χ1v) is 3.11. The number of carboxylic acids is 1. The van der Waals surface area contributed by atoms with Gasteiger partial charge in [-0.15, -0.1) is 0 Å². The highest BCUT2D eigenvalue weighted by molar-refractivity contribution is 5.87. The number of benzene rings is 1. The van der Waals surface area contributed by atoms with E-state index in [-0.39, 0.29) is 5.56 Å². The van der Waals surface area contributed by atoms with Gasteiger partial charge in [0.2, 0.25) is 0 Å². The summed E-state index contributed by atoms with van der Waals surface area (Å²) in [6.45, 7) is 0. The van der Waals surface area contributed by atoms with Crippen LogP contribution in [0.2, 0.25) is 0 Å². The van der Waals surface area contributed by atoms with Crippen LogP contribution in [-0.4, -0.2) is 18.2 Å². The Morgan fingerprint density at radius 2 is 1.91 bits per heavy atom. The van der Waals surface area contributed by atoms with Crippen LogP contribution in [-0.2, 0) is 0 Å². The molecule has 0 radical (unpaired) electrons. The number of methoxy groups -OCH3 is 1. The molecule has 58 valence electrons. The van der Waals surface area contributed by atoms with Crippen LogP contribution in [0.25, 0.3) is 0 Å². The van der Waals surface area contributed by atoms with Gasteiger partial charge in [-0.2, -0.15) is 0 Å². The Hall–Kier alpha value is -1.51. The highest BCUT2D eigenvalue weighted by Gasteiger charge is 2.00. The van der Waals surface area contributed by atoms with Gasteiger partial charge in [0.15, 0.2) is 0 Å². The summed E-state index contributed by atoms with van der Waals surface area (Å²) in [5.74, 6) is -0.261. The van der Waals surface area contributed by atoms with Crippen LogP contribution in [0.1, 0.15) is 10.4 Å². The van der Waals surface area contributed by atoms with Crippen LogP contribution in [0, 0.1) is 0 Å². The second-order valence-electron chi connectivity index (χ2n) is 2.03. The van der Waals surface area contributed by atoms with Gasteiger partial charge in [0.1, 0.15) is 5.75 Å². The minimum Gasteiger partial charge on any atom is -0.497 e. The molecular formula is C8H8O3. The van der Waals surface area contributed by atoms with Gasteiger partial charge in [-0.3, -0.25) is 0 Å². The number of aromatic carboxylic acids is 1. The Labute approximate surface area is 64.2 Å². The fourth-order valence-corrected chi connectivity index (χ4v) is 0.734. The standard InChI is InChI=1S/C8H8O3/c1-11-7-4-2-6(3-5-7)8(9)10/h2-5H,1H3,(H,9,10)/i8+1. The summed E-state index contributed by atoms with van der Waals surface area (Å²) in [6, 6.07) is 6.23. The zero-order valence-corrected chi connectivity index (χ0v) is 6.07. The molecule has 0 spiro atoms. The lowest BCUT2D eigenvalue weighted by Gasteiger charge is -1.98. The third kappa shape index (κ3) is 1.70. The summed E-state index contributed by atoms with van der Waals surface area (Å²) < 4.78 is 4.86. The maximum Gasteiger partial charge on any atom is 0.335 e. The van der Waals surface area contributed by atoms with Crippen LogP contribution in [0.4, 0.5) is 0 Å². The van der Waals surface area contributed by atoms with E-state index in [1.54, 1.807) is 12.1 Å². The summed E-state index contributed by atoms with van der Waals surface area (Å²) in [7, 11) is 1.54. The molecule has 3 nitrogen and oxygen atoms in total. The molecule has 0 unspecified atom stereocenters. The number of carboxylic acid groups (broad SMARTS) is 1. The predicted octanol–water partition coefficient (Wildman–Crippen LogP) is 1.39. The van der Waals surface area contributed by atoms with E-state index in [1.807, 2.05) is 0 Å². The SMILES string of the molecule is COc1ccc([13C](=O)O)cc1. The molecule has 0 amide bonds. The molecular weight excluding hydrogens is 145 g/mol. The summed E-state index contributed by atoms with van der Waals surface area (Å²) in [4.78, 5) is 10.4. The van der Waals surface area contributed by atoms with E-state index in [2.05, 4.69) is 0 Å². The van der Waals surface area contributed by atoms with Gasteiger partial charge in [0, 0.05) is 0 Å². The number of ether oxygens (including phenoxy) is 1. The molecule has 0 aliphatic rings. The van der Waals surface area contributed by atoms with E-state index in [9.17, 15) is 4.79 Å². The molecule has 1 aromatic rings. The molecule has 1 aromatic carbocycles. The van der Waals surface area contributed by atoms with Gasteiger partial charge < -0.3 is 9.84 Å². The van der Waals surface area contributed by atoms with Crippen molar-refractivity contribution < 1.29 is 14.6 Å². The third-order valence-electron chi connectivity index (χ3n) is 1.34. The molecule has 0 aliphatic heterocycles. The summed E-state index contributed by atoms with van der Waals surface area (Å²) in [5.41, 5.74) is 0.269. The first-order valence-electron chi connectivity index (χ1n) is 3.11. The fourth-order valence-electron chi connectivity index (χ4n) is 0.734. The summed E-state index contributed by atoms with van der Waals surface area (Å²) in [6.07, 6.45) is 0. The van der Waals surface area contributed by atoms with Crippen molar-refractivity contribution in [3.63, 3.8) is 0 Å². The van der Waals surface area contributed by atoms with Crippen molar-refractivity contribution >= 4 is 5.97 Å². The monoisotopic (exact) mass is 153 g/mol. The number of rotatable bonds is 2. The van der Waals surface area contributed by atoms with Crippen molar-refractivity contribution in [2.45, 2.75) is 0 Å². The number of hydrogen-bond acceptors (Lipinski definition) is 2. The molecule has 1 rings (SSSR count). The van der Waals surface area contributed by atoms with E-state index >= 15 is 0 Å². The van der Waals surface area contributed by atoms with Crippen molar-refractivity contribution in [3.05, 3.63) is 29.8 Å². The zero-order chi connectivity index (χ0) is 8.27. The molecule has 0 heterocycles. The molecule has 11 heavy (non-hydrogen) atoms. The predicted molar refractivity (Wildman–Crippen MR) is 40.0 cm³/mol. The van der Waals surface area contributed by atoms with Gasteiger partial charge in [-0.05, 0) is 24.3 Å². The van der Waals surface area contributed by atoms with Gasteiger partial charge in [-0.1, -0.05) is 0 Å². The van der Waals surface area contributed by atoms with Crippen LogP contribution in [0.3, 0.4) is 0 Å². The van der Waals surface area contributed by atoms with Crippen molar-refractivity contribution in [2.24, 2.45) is 0 Å². The van der Waals surface area contributed by atoms with Crippen LogP contribution in [0.15, 0.2) is 24.3 Å². The molecule has 0 atom stereocenters. The number of hydrogen-bond donors (Lipinski definition) is 1. The minimum atomic E-state index is -0.923. The molecule has 3 heteroatoms. The second kappa shape index (κ2) is 3.05. The Balaban J connectivity index is 2.91. The Morgan fingerprint density at radius 3 is 2.27 bits per heavy atom. The van der Waals surface area contributed by atoms with Gasteiger partial charge in [-0.25, -0.2) is 4.79 Å². The lowest BCUT2D eigenvalue weighted by atomic mass is 10.3. The van der Waals surface area contributed by atoms with E-state index in [0.717, 1.165) is 0 Å². The van der Waals surface area contributed by atoms with Gasteiger partial charge in [0.25, 0.3) is 0 Å². The lowest BCUT2D eigenvalue weighted by molar-refractivity contribution is 0.0697. The van der Waals surface area contributed by atoms with E-state index in [4.69, 9.17) is 9.84 Å². The molecule has 0 aliphatic carbocycles. The average molecular weight is 153 g/mol. The maximum atomic E-state index is 10.4. The van der Waals surface area contributed by atoms with E-state index in [1.165, 1.54) is 19.2 Å². The highest BCUT2D eigenvalue weighted by Crippen LogP contribution is 2.10. The Kier molecular flexibility index (Phi) is 2.11. The average Bonchev–Trinajstić information content (AvgIpc) is 2.05. The molecule has 0 fully saturated rings. The smallest absolute Gasteiger partial charge is 0.335 e.